The summed E-state index contributed by atoms with van der Waals surface area (Å²) < 4.78 is 4.91. The Balaban J connectivity index is 2.27. The molecule has 2 rings (SSSR count). The van der Waals surface area contributed by atoms with Crippen molar-refractivity contribution in [1.29, 1.82) is 0 Å². The van der Waals surface area contributed by atoms with E-state index in [9.17, 15) is 9.59 Å². The average molecular weight is 389 g/mol. The van der Waals surface area contributed by atoms with Crippen LogP contribution in [-0.2, 0) is 14.3 Å². The third-order valence-corrected chi connectivity index (χ3v) is 5.33. The number of amides is 1. The first-order valence-corrected chi connectivity index (χ1v) is 10.5. The summed E-state index contributed by atoms with van der Waals surface area (Å²) in [5.41, 5.74) is 0.696. The highest BCUT2D eigenvalue weighted by Gasteiger charge is 2.33. The zero-order valence-electron chi connectivity index (χ0n) is 17.8. The molecule has 5 nitrogen and oxygen atoms in total. The van der Waals surface area contributed by atoms with E-state index in [1.165, 1.54) is 20.0 Å². The van der Waals surface area contributed by atoms with Crippen LogP contribution in [0, 0.1) is 5.92 Å². The predicted octanol–water partition coefficient (Wildman–Crippen LogP) is 4.13. The summed E-state index contributed by atoms with van der Waals surface area (Å²) in [7, 11) is 1.40. The van der Waals surface area contributed by atoms with Gasteiger partial charge >= 0.3 is 5.97 Å². The maximum absolute atomic E-state index is 13.2. The number of hydrogen-bond acceptors (Lipinski definition) is 4. The van der Waals surface area contributed by atoms with Gasteiger partial charge in [-0.05, 0) is 45.1 Å². The van der Waals surface area contributed by atoms with E-state index < -0.39 is 0 Å². The van der Waals surface area contributed by atoms with Crippen LogP contribution in [0.5, 0.6) is 0 Å². The molecule has 1 aliphatic rings. The minimum atomic E-state index is -0.327. The molecule has 1 aromatic rings. The summed E-state index contributed by atoms with van der Waals surface area (Å²) in [5.74, 6) is 0.0103. The van der Waals surface area contributed by atoms with E-state index in [4.69, 9.17) is 4.74 Å². The molecule has 1 saturated carbocycles. The van der Waals surface area contributed by atoms with Crippen LogP contribution in [0.2, 0.25) is 0 Å². The van der Waals surface area contributed by atoms with Crippen molar-refractivity contribution in [3.63, 3.8) is 0 Å². The number of nitrogens with one attached hydrogen (secondary N) is 2. The van der Waals surface area contributed by atoms with Crippen LogP contribution >= 0.6 is 0 Å². The normalized spacial score (nSPS) is 18.0. The number of hydrogen-bond donors (Lipinski definition) is 2. The molecule has 0 aliphatic heterocycles. The number of esters is 1. The number of benzene rings is 1. The summed E-state index contributed by atoms with van der Waals surface area (Å²) in [6, 6.07) is 9.26. The number of methoxy groups -OCH3 is 1. The first-order valence-electron chi connectivity index (χ1n) is 10.5. The Bertz CT molecular complexity index is 616. The van der Waals surface area contributed by atoms with Gasteiger partial charge in [-0.2, -0.15) is 0 Å². The first-order chi connectivity index (χ1) is 13.3. The molecule has 5 heteroatoms. The molecular formula is C23H36N2O3. The standard InChI is InChI=1S/C23H36N2O3/c1-23(2,3)25-22(27)21(18-14-8-5-6-9-15-18)24-19(16-20(26)28-4)17-12-10-7-11-13-17/h7,10-13,18-19,21,24H,5-6,8-9,14-16H2,1-4H3,(H,25,27)/t19-,21?/m1/s1. The fourth-order valence-corrected chi connectivity index (χ4v) is 3.94. The SMILES string of the molecule is COC(=O)C[C@@H](NC(C(=O)NC(C)(C)C)C1CCCCCC1)c1ccccc1. The molecule has 0 heterocycles. The highest BCUT2D eigenvalue weighted by atomic mass is 16.5. The Labute approximate surface area is 169 Å². The lowest BCUT2D eigenvalue weighted by molar-refractivity contribution is -0.141. The van der Waals surface area contributed by atoms with E-state index in [1.54, 1.807) is 0 Å². The number of carbonyl (C=O) groups is 2. The number of rotatable bonds is 7. The quantitative estimate of drug-likeness (QED) is 0.544. The molecule has 1 fully saturated rings. The predicted molar refractivity (Wildman–Crippen MR) is 112 cm³/mol. The smallest absolute Gasteiger partial charge is 0.307 e. The molecule has 1 unspecified atom stereocenters. The molecule has 156 valence electrons. The lowest BCUT2D eigenvalue weighted by Crippen LogP contribution is -2.54. The Kier molecular flexibility index (Phi) is 8.49. The maximum Gasteiger partial charge on any atom is 0.307 e. The van der Waals surface area contributed by atoms with Crippen LogP contribution in [0.1, 0.15) is 77.3 Å². The van der Waals surface area contributed by atoms with Gasteiger partial charge in [0, 0.05) is 11.6 Å². The van der Waals surface area contributed by atoms with E-state index in [-0.39, 0.29) is 41.8 Å². The van der Waals surface area contributed by atoms with Crippen molar-refractivity contribution in [2.75, 3.05) is 7.11 Å². The molecular weight excluding hydrogens is 352 g/mol. The molecule has 0 aromatic heterocycles. The van der Waals surface area contributed by atoms with Crippen molar-refractivity contribution < 1.29 is 14.3 Å². The van der Waals surface area contributed by atoms with E-state index in [0.717, 1.165) is 31.2 Å². The zero-order valence-corrected chi connectivity index (χ0v) is 17.8. The molecule has 2 atom stereocenters. The summed E-state index contributed by atoms with van der Waals surface area (Å²) in [6.45, 7) is 5.99. The molecule has 28 heavy (non-hydrogen) atoms. The minimum absolute atomic E-state index is 0.0187. The van der Waals surface area contributed by atoms with Crippen molar-refractivity contribution >= 4 is 11.9 Å². The van der Waals surface area contributed by atoms with Crippen molar-refractivity contribution in [2.24, 2.45) is 5.92 Å². The first kappa shape index (κ1) is 22.4. The van der Waals surface area contributed by atoms with Crippen molar-refractivity contribution in [2.45, 2.75) is 83.3 Å². The second kappa shape index (κ2) is 10.6. The van der Waals surface area contributed by atoms with Crippen LogP contribution in [0.4, 0.5) is 0 Å². The van der Waals surface area contributed by atoms with Gasteiger partial charge in [0.1, 0.15) is 0 Å². The van der Waals surface area contributed by atoms with Crippen molar-refractivity contribution in [1.82, 2.24) is 10.6 Å². The Morgan fingerprint density at radius 1 is 1.07 bits per heavy atom. The third kappa shape index (κ3) is 7.27. The molecule has 0 saturated heterocycles. The van der Waals surface area contributed by atoms with Crippen LogP contribution in [0.25, 0.3) is 0 Å². The number of ether oxygens (including phenoxy) is 1. The van der Waals surface area contributed by atoms with Crippen LogP contribution in [0.15, 0.2) is 30.3 Å². The van der Waals surface area contributed by atoms with Crippen molar-refractivity contribution in [3.05, 3.63) is 35.9 Å². The van der Waals surface area contributed by atoms with E-state index in [1.807, 2.05) is 51.1 Å². The third-order valence-electron chi connectivity index (χ3n) is 5.33. The topological polar surface area (TPSA) is 67.4 Å². The van der Waals surface area contributed by atoms with Crippen LogP contribution < -0.4 is 10.6 Å². The maximum atomic E-state index is 13.2. The van der Waals surface area contributed by atoms with Crippen LogP contribution in [-0.4, -0.2) is 30.6 Å². The number of carbonyl (C=O) groups excluding carboxylic acids is 2. The van der Waals surface area contributed by atoms with Gasteiger partial charge in [0.2, 0.25) is 5.91 Å². The minimum Gasteiger partial charge on any atom is -0.469 e. The largest absolute Gasteiger partial charge is 0.469 e. The second-order valence-corrected chi connectivity index (χ2v) is 8.88. The highest BCUT2D eigenvalue weighted by molar-refractivity contribution is 5.83. The van der Waals surface area contributed by atoms with E-state index in [0.29, 0.717) is 0 Å². The van der Waals surface area contributed by atoms with Gasteiger partial charge in [-0.1, -0.05) is 56.0 Å². The Morgan fingerprint density at radius 2 is 1.68 bits per heavy atom. The Hall–Kier alpha value is -1.88. The molecule has 2 N–H and O–H groups in total. The zero-order chi connectivity index (χ0) is 20.6. The molecule has 0 spiro atoms. The van der Waals surface area contributed by atoms with Gasteiger partial charge < -0.3 is 10.1 Å². The summed E-state index contributed by atoms with van der Waals surface area (Å²) in [4.78, 5) is 25.2. The summed E-state index contributed by atoms with van der Waals surface area (Å²) in [6.07, 6.45) is 7.04. The molecule has 1 aromatic carbocycles. The van der Waals surface area contributed by atoms with Crippen molar-refractivity contribution in [3.8, 4) is 0 Å². The van der Waals surface area contributed by atoms with E-state index >= 15 is 0 Å². The van der Waals surface area contributed by atoms with Gasteiger partial charge in [0.05, 0.1) is 19.6 Å². The lowest BCUT2D eigenvalue weighted by Gasteiger charge is -2.33. The molecule has 0 radical (unpaired) electrons. The van der Waals surface area contributed by atoms with E-state index in [2.05, 4.69) is 10.6 Å². The summed E-state index contributed by atoms with van der Waals surface area (Å²) in [5, 5.41) is 6.69. The molecule has 1 aliphatic carbocycles. The van der Waals surface area contributed by atoms with Gasteiger partial charge in [0.15, 0.2) is 0 Å². The highest BCUT2D eigenvalue weighted by Crippen LogP contribution is 2.28. The fourth-order valence-electron chi connectivity index (χ4n) is 3.94. The fraction of sp³-hybridized carbons (Fsp3) is 0.652. The van der Waals surface area contributed by atoms with Gasteiger partial charge in [-0.3, -0.25) is 14.9 Å². The van der Waals surface area contributed by atoms with Gasteiger partial charge in [0.25, 0.3) is 0 Å². The van der Waals surface area contributed by atoms with Gasteiger partial charge in [-0.15, -0.1) is 0 Å². The Morgan fingerprint density at radius 3 is 2.21 bits per heavy atom. The molecule has 0 bridgehead atoms. The van der Waals surface area contributed by atoms with Gasteiger partial charge in [-0.25, -0.2) is 0 Å². The van der Waals surface area contributed by atoms with Crippen LogP contribution in [0.3, 0.4) is 0 Å². The summed E-state index contributed by atoms with van der Waals surface area (Å²) >= 11 is 0. The lowest BCUT2D eigenvalue weighted by atomic mass is 9.89. The molecule has 1 amide bonds. The second-order valence-electron chi connectivity index (χ2n) is 8.88. The monoisotopic (exact) mass is 388 g/mol. The average Bonchev–Trinajstić information content (AvgIpc) is 2.93.